The lowest BCUT2D eigenvalue weighted by molar-refractivity contribution is 0.297. The van der Waals surface area contributed by atoms with Gasteiger partial charge in [0, 0.05) is 23.6 Å². The molecule has 0 bridgehead atoms. The van der Waals surface area contributed by atoms with Crippen LogP contribution < -0.4 is 9.47 Å². The van der Waals surface area contributed by atoms with Gasteiger partial charge in [-0.25, -0.2) is 0 Å². The summed E-state index contributed by atoms with van der Waals surface area (Å²) in [6.07, 6.45) is 2.57. The molecule has 3 rings (SSSR count). The van der Waals surface area contributed by atoms with Crippen molar-refractivity contribution in [3.05, 3.63) is 48.3 Å². The summed E-state index contributed by atoms with van der Waals surface area (Å²) in [7, 11) is -1.14. The van der Waals surface area contributed by atoms with Crippen molar-refractivity contribution in [3.8, 4) is 11.5 Å². The number of fused-ring (bicyclic) bond motifs is 1. The minimum absolute atomic E-state index is 0.403. The maximum Gasteiger partial charge on any atom is 0.162 e. The quantitative estimate of drug-likeness (QED) is 0.871. The second kappa shape index (κ2) is 6.05. The fourth-order valence-electron chi connectivity index (χ4n) is 1.99. The standard InChI is InChI=1S/C15H15NO3S/c17-20(11-12-4-1-2-7-16-12)13-5-6-14-15(10-13)19-9-3-8-18-14/h1-2,4-7,10H,3,8-9,11H2/t20-/m0/s1. The van der Waals surface area contributed by atoms with Crippen LogP contribution in [-0.2, 0) is 16.6 Å². The highest BCUT2D eigenvalue weighted by molar-refractivity contribution is 7.84. The highest BCUT2D eigenvalue weighted by atomic mass is 32.2. The van der Waals surface area contributed by atoms with Gasteiger partial charge in [0.05, 0.1) is 35.5 Å². The smallest absolute Gasteiger partial charge is 0.162 e. The third-order valence-corrected chi connectivity index (χ3v) is 4.32. The van der Waals surface area contributed by atoms with Gasteiger partial charge in [-0.1, -0.05) is 6.07 Å². The van der Waals surface area contributed by atoms with Crippen molar-refractivity contribution in [2.24, 2.45) is 0 Å². The first kappa shape index (κ1) is 13.1. The van der Waals surface area contributed by atoms with Crippen molar-refractivity contribution in [1.82, 2.24) is 4.98 Å². The van der Waals surface area contributed by atoms with Crippen LogP contribution in [0.25, 0.3) is 0 Å². The molecule has 0 saturated carbocycles. The topological polar surface area (TPSA) is 48.4 Å². The summed E-state index contributed by atoms with van der Waals surface area (Å²) in [4.78, 5) is 4.93. The number of aromatic nitrogens is 1. The first-order valence-electron chi connectivity index (χ1n) is 6.51. The van der Waals surface area contributed by atoms with E-state index in [2.05, 4.69) is 4.98 Å². The maximum absolute atomic E-state index is 12.4. The van der Waals surface area contributed by atoms with Crippen molar-refractivity contribution in [2.45, 2.75) is 17.1 Å². The van der Waals surface area contributed by atoms with E-state index in [0.717, 1.165) is 22.8 Å². The van der Waals surface area contributed by atoms with Crippen molar-refractivity contribution in [1.29, 1.82) is 0 Å². The van der Waals surface area contributed by atoms with Crippen LogP contribution in [0.3, 0.4) is 0 Å². The van der Waals surface area contributed by atoms with Crippen molar-refractivity contribution < 1.29 is 13.7 Å². The number of nitrogens with zero attached hydrogens (tertiary/aromatic N) is 1. The maximum atomic E-state index is 12.4. The third-order valence-electron chi connectivity index (χ3n) is 2.99. The van der Waals surface area contributed by atoms with E-state index in [-0.39, 0.29) is 0 Å². The summed E-state index contributed by atoms with van der Waals surface area (Å²) >= 11 is 0. The molecular weight excluding hydrogens is 274 g/mol. The average Bonchev–Trinajstić information content (AvgIpc) is 2.72. The molecule has 1 atom stereocenters. The number of benzene rings is 1. The van der Waals surface area contributed by atoms with Crippen LogP contribution in [0.4, 0.5) is 0 Å². The van der Waals surface area contributed by atoms with Crippen LogP contribution in [0.2, 0.25) is 0 Å². The normalized spacial score (nSPS) is 15.4. The van der Waals surface area contributed by atoms with Crippen LogP contribution in [0.1, 0.15) is 12.1 Å². The summed E-state index contributed by atoms with van der Waals surface area (Å²) in [6, 6.07) is 11.1. The van der Waals surface area contributed by atoms with Crippen LogP contribution in [0.5, 0.6) is 11.5 Å². The Morgan fingerprint density at radius 1 is 1.10 bits per heavy atom. The van der Waals surface area contributed by atoms with Gasteiger partial charge >= 0.3 is 0 Å². The molecular formula is C15H15NO3S. The predicted octanol–water partition coefficient (Wildman–Crippen LogP) is 2.55. The molecule has 20 heavy (non-hydrogen) atoms. The molecule has 104 valence electrons. The molecule has 2 heterocycles. The molecule has 0 aliphatic carbocycles. The largest absolute Gasteiger partial charge is 0.490 e. The Morgan fingerprint density at radius 3 is 2.75 bits per heavy atom. The second-order valence-electron chi connectivity index (χ2n) is 4.47. The molecule has 0 N–H and O–H groups in total. The highest BCUT2D eigenvalue weighted by Crippen LogP contribution is 2.31. The fraction of sp³-hybridized carbons (Fsp3) is 0.267. The molecule has 0 unspecified atom stereocenters. The number of pyridine rings is 1. The number of hydrogen-bond donors (Lipinski definition) is 0. The zero-order valence-corrected chi connectivity index (χ0v) is 11.8. The van der Waals surface area contributed by atoms with Gasteiger partial charge in [0.1, 0.15) is 0 Å². The van der Waals surface area contributed by atoms with E-state index >= 15 is 0 Å². The van der Waals surface area contributed by atoms with Gasteiger partial charge in [-0.05, 0) is 24.3 Å². The molecule has 1 aromatic heterocycles. The van der Waals surface area contributed by atoms with Gasteiger partial charge in [-0.2, -0.15) is 0 Å². The molecule has 2 aromatic rings. The molecule has 1 aromatic carbocycles. The molecule has 1 aliphatic rings. The molecule has 5 heteroatoms. The van der Waals surface area contributed by atoms with E-state index in [4.69, 9.17) is 9.47 Å². The predicted molar refractivity (Wildman–Crippen MR) is 76.4 cm³/mol. The minimum Gasteiger partial charge on any atom is -0.490 e. The van der Waals surface area contributed by atoms with Crippen molar-refractivity contribution in [2.75, 3.05) is 13.2 Å². The van der Waals surface area contributed by atoms with Crippen molar-refractivity contribution in [3.63, 3.8) is 0 Å². The highest BCUT2D eigenvalue weighted by Gasteiger charge is 2.13. The fourth-order valence-corrected chi connectivity index (χ4v) is 3.05. The van der Waals surface area contributed by atoms with Crippen molar-refractivity contribution >= 4 is 10.8 Å². The van der Waals surface area contributed by atoms with Gasteiger partial charge in [0.2, 0.25) is 0 Å². The Balaban J connectivity index is 1.80. The summed E-state index contributed by atoms with van der Waals surface area (Å²) in [6.45, 7) is 1.28. The Hall–Kier alpha value is -1.88. The minimum atomic E-state index is -1.14. The first-order valence-corrected chi connectivity index (χ1v) is 7.83. The zero-order chi connectivity index (χ0) is 13.8. The Kier molecular flexibility index (Phi) is 3.97. The lowest BCUT2D eigenvalue weighted by Gasteiger charge is -2.09. The molecule has 0 radical (unpaired) electrons. The summed E-state index contributed by atoms with van der Waals surface area (Å²) in [5.41, 5.74) is 0.818. The van der Waals surface area contributed by atoms with E-state index in [1.54, 1.807) is 12.3 Å². The molecule has 0 spiro atoms. The van der Waals surface area contributed by atoms with Crippen LogP contribution in [-0.4, -0.2) is 22.4 Å². The number of rotatable bonds is 3. The Labute approximate surface area is 120 Å². The molecule has 0 saturated heterocycles. The van der Waals surface area contributed by atoms with Gasteiger partial charge < -0.3 is 9.47 Å². The van der Waals surface area contributed by atoms with E-state index in [9.17, 15) is 4.21 Å². The average molecular weight is 289 g/mol. The lowest BCUT2D eigenvalue weighted by Crippen LogP contribution is -2.00. The summed E-state index contributed by atoms with van der Waals surface area (Å²) in [5.74, 6) is 1.80. The summed E-state index contributed by atoms with van der Waals surface area (Å²) < 4.78 is 23.5. The third kappa shape index (κ3) is 2.99. The van der Waals surface area contributed by atoms with E-state index in [1.807, 2.05) is 30.3 Å². The van der Waals surface area contributed by atoms with Gasteiger partial charge in [-0.3, -0.25) is 9.19 Å². The van der Waals surface area contributed by atoms with E-state index in [0.29, 0.717) is 24.7 Å². The van der Waals surface area contributed by atoms with Gasteiger partial charge in [-0.15, -0.1) is 0 Å². The Morgan fingerprint density at radius 2 is 1.95 bits per heavy atom. The Bertz CT molecular complexity index is 616. The van der Waals surface area contributed by atoms with E-state index in [1.165, 1.54) is 0 Å². The molecule has 0 fully saturated rings. The molecule has 4 nitrogen and oxygen atoms in total. The monoisotopic (exact) mass is 289 g/mol. The van der Waals surface area contributed by atoms with Gasteiger partial charge in [0.15, 0.2) is 11.5 Å². The zero-order valence-electron chi connectivity index (χ0n) is 11.0. The van der Waals surface area contributed by atoms with Crippen LogP contribution in [0, 0.1) is 0 Å². The number of hydrogen-bond acceptors (Lipinski definition) is 4. The number of ether oxygens (including phenoxy) is 2. The first-order chi connectivity index (χ1) is 9.83. The van der Waals surface area contributed by atoms with Crippen LogP contribution in [0.15, 0.2) is 47.5 Å². The SMILES string of the molecule is O=[S@@](Cc1ccccn1)c1ccc2c(c1)OCCCO2. The molecule has 1 aliphatic heterocycles. The van der Waals surface area contributed by atoms with E-state index < -0.39 is 10.8 Å². The molecule has 0 amide bonds. The van der Waals surface area contributed by atoms with Gasteiger partial charge in [0.25, 0.3) is 0 Å². The second-order valence-corrected chi connectivity index (χ2v) is 5.92. The lowest BCUT2D eigenvalue weighted by atomic mass is 10.3. The van der Waals surface area contributed by atoms with Crippen LogP contribution >= 0.6 is 0 Å². The summed E-state index contributed by atoms with van der Waals surface area (Å²) in [5, 5.41) is 0.